The van der Waals surface area contributed by atoms with Crippen molar-refractivity contribution in [3.05, 3.63) is 48.2 Å². The van der Waals surface area contributed by atoms with E-state index in [-0.39, 0.29) is 17.9 Å². The first-order valence-corrected chi connectivity index (χ1v) is 13.5. The van der Waals surface area contributed by atoms with E-state index in [0.29, 0.717) is 30.7 Å². The molecule has 200 valence electrons. The van der Waals surface area contributed by atoms with E-state index in [1.54, 1.807) is 4.52 Å². The molecule has 0 saturated carbocycles. The van der Waals surface area contributed by atoms with Gasteiger partial charge >= 0.3 is 6.01 Å². The zero-order valence-electron chi connectivity index (χ0n) is 22.4. The number of anilines is 1. The van der Waals surface area contributed by atoms with Crippen molar-refractivity contribution in [2.45, 2.75) is 58.0 Å². The van der Waals surface area contributed by atoms with Crippen molar-refractivity contribution in [2.75, 3.05) is 45.1 Å². The van der Waals surface area contributed by atoms with Gasteiger partial charge in [-0.05, 0) is 50.8 Å². The molecule has 1 atom stereocenters. The molecule has 9 heteroatoms. The SMILES string of the molecule is C=C(/C=C\C=C\CC(=O)C1CCCNC1)CNc1nc(OC2CCN(C)CC2)nc2c(C(C)C)cnn12. The van der Waals surface area contributed by atoms with E-state index < -0.39 is 0 Å². The van der Waals surface area contributed by atoms with Gasteiger partial charge in [0.2, 0.25) is 5.95 Å². The van der Waals surface area contributed by atoms with Gasteiger partial charge in [-0.1, -0.05) is 44.7 Å². The van der Waals surface area contributed by atoms with Crippen LogP contribution in [0, 0.1) is 5.92 Å². The minimum atomic E-state index is 0.114. The van der Waals surface area contributed by atoms with Gasteiger partial charge in [0.15, 0.2) is 5.65 Å². The van der Waals surface area contributed by atoms with E-state index in [0.717, 1.165) is 68.6 Å². The summed E-state index contributed by atoms with van der Waals surface area (Å²) in [6.07, 6.45) is 14.1. The first kappa shape index (κ1) is 27.0. The highest BCUT2D eigenvalue weighted by Gasteiger charge is 2.22. The Balaban J connectivity index is 1.36. The van der Waals surface area contributed by atoms with Gasteiger partial charge in [0.1, 0.15) is 11.9 Å². The van der Waals surface area contributed by atoms with Crippen molar-refractivity contribution in [3.8, 4) is 6.01 Å². The minimum absolute atomic E-state index is 0.114. The van der Waals surface area contributed by atoms with Crippen molar-refractivity contribution < 1.29 is 9.53 Å². The molecule has 0 bridgehead atoms. The van der Waals surface area contributed by atoms with Crippen LogP contribution in [0.5, 0.6) is 6.01 Å². The molecular formula is C28H41N7O2. The molecule has 0 aliphatic carbocycles. The number of nitrogens with one attached hydrogen (secondary N) is 2. The highest BCUT2D eigenvalue weighted by atomic mass is 16.5. The number of carbonyl (C=O) groups excluding carboxylic acids is 1. The summed E-state index contributed by atoms with van der Waals surface area (Å²) >= 11 is 0. The maximum absolute atomic E-state index is 12.3. The lowest BCUT2D eigenvalue weighted by Gasteiger charge is -2.28. The molecule has 2 aliphatic heterocycles. The highest BCUT2D eigenvalue weighted by Crippen LogP contribution is 2.24. The second-order valence-corrected chi connectivity index (χ2v) is 10.5. The Morgan fingerprint density at radius 2 is 2.08 bits per heavy atom. The summed E-state index contributed by atoms with van der Waals surface area (Å²) in [5.74, 6) is 1.32. The lowest BCUT2D eigenvalue weighted by atomic mass is 9.93. The number of nitrogens with zero attached hydrogens (tertiary/aromatic N) is 5. The molecule has 37 heavy (non-hydrogen) atoms. The van der Waals surface area contributed by atoms with Crippen LogP contribution in [0.4, 0.5) is 5.95 Å². The number of piperidine rings is 2. The number of carbonyl (C=O) groups is 1. The zero-order valence-corrected chi connectivity index (χ0v) is 22.4. The van der Waals surface area contributed by atoms with Crippen molar-refractivity contribution in [3.63, 3.8) is 0 Å². The van der Waals surface area contributed by atoms with Gasteiger partial charge in [0.05, 0.1) is 6.20 Å². The molecule has 0 aromatic carbocycles. The van der Waals surface area contributed by atoms with Gasteiger partial charge < -0.3 is 20.3 Å². The predicted octanol–water partition coefficient (Wildman–Crippen LogP) is 3.76. The van der Waals surface area contributed by atoms with Gasteiger partial charge in [-0.3, -0.25) is 4.79 Å². The Hall–Kier alpha value is -3.04. The smallest absolute Gasteiger partial charge is 0.322 e. The summed E-state index contributed by atoms with van der Waals surface area (Å²) in [5, 5.41) is 11.2. The molecule has 2 aromatic heterocycles. The standard InChI is InChI=1S/C28H41N7O2/c1-20(2)24-19-31-35-26(24)32-28(37-23-12-15-34(4)16-13-23)33-27(35)30-17-21(3)9-6-5-7-11-25(36)22-10-8-14-29-18-22/h5-7,9,19-20,22-23,29H,3,8,10-18H2,1-2,4H3,(H,30,32,33)/b7-5+,9-6-. The summed E-state index contributed by atoms with van der Waals surface area (Å²) < 4.78 is 7.95. The fraction of sp³-hybridized carbons (Fsp3) is 0.571. The van der Waals surface area contributed by atoms with Crippen LogP contribution in [-0.4, -0.2) is 76.1 Å². The molecule has 2 aliphatic rings. The molecular weight excluding hydrogens is 466 g/mol. The first-order valence-electron chi connectivity index (χ1n) is 13.5. The Morgan fingerprint density at radius 3 is 2.81 bits per heavy atom. The fourth-order valence-electron chi connectivity index (χ4n) is 4.70. The monoisotopic (exact) mass is 507 g/mol. The Labute approximate surface area is 220 Å². The third kappa shape index (κ3) is 7.49. The third-order valence-corrected chi connectivity index (χ3v) is 7.06. The van der Waals surface area contributed by atoms with E-state index in [2.05, 4.69) is 53.1 Å². The largest absolute Gasteiger partial charge is 0.460 e. The molecule has 0 spiro atoms. The number of aromatic nitrogens is 4. The zero-order chi connectivity index (χ0) is 26.2. The van der Waals surface area contributed by atoms with Crippen molar-refractivity contribution in [1.29, 1.82) is 0 Å². The summed E-state index contributed by atoms with van der Waals surface area (Å²) in [5.41, 5.74) is 2.70. The van der Waals surface area contributed by atoms with Gasteiger partial charge in [-0.25, -0.2) is 0 Å². The van der Waals surface area contributed by atoms with E-state index in [1.165, 1.54) is 0 Å². The van der Waals surface area contributed by atoms with E-state index >= 15 is 0 Å². The van der Waals surface area contributed by atoms with Gasteiger partial charge in [-0.2, -0.15) is 19.6 Å². The Kier molecular flexibility index (Phi) is 9.46. The number of allylic oxidation sites excluding steroid dienone is 3. The second kappa shape index (κ2) is 13.0. The van der Waals surface area contributed by atoms with Crippen LogP contribution in [0.2, 0.25) is 0 Å². The summed E-state index contributed by atoms with van der Waals surface area (Å²) in [7, 11) is 2.13. The maximum atomic E-state index is 12.3. The van der Waals surface area contributed by atoms with Gasteiger partial charge in [0.25, 0.3) is 0 Å². The van der Waals surface area contributed by atoms with E-state index in [4.69, 9.17) is 9.72 Å². The molecule has 0 radical (unpaired) electrons. The Bertz CT molecular complexity index is 1120. The van der Waals surface area contributed by atoms with Crippen molar-refractivity contribution in [2.24, 2.45) is 5.92 Å². The first-order chi connectivity index (χ1) is 17.9. The molecule has 9 nitrogen and oxygen atoms in total. The molecule has 2 fully saturated rings. The van der Waals surface area contributed by atoms with Gasteiger partial charge in [-0.15, -0.1) is 0 Å². The van der Waals surface area contributed by atoms with Crippen LogP contribution < -0.4 is 15.4 Å². The van der Waals surface area contributed by atoms with Crippen LogP contribution >= 0.6 is 0 Å². The average molecular weight is 508 g/mol. The third-order valence-electron chi connectivity index (χ3n) is 7.06. The number of hydrogen-bond donors (Lipinski definition) is 2. The molecule has 2 N–H and O–H groups in total. The molecule has 4 rings (SSSR count). The summed E-state index contributed by atoms with van der Waals surface area (Å²) in [6.45, 7) is 12.7. The van der Waals surface area contributed by atoms with Crippen LogP contribution in [0.25, 0.3) is 5.65 Å². The summed E-state index contributed by atoms with van der Waals surface area (Å²) in [4.78, 5) is 24.0. The molecule has 2 saturated heterocycles. The summed E-state index contributed by atoms with van der Waals surface area (Å²) in [6, 6.07) is 0.383. The molecule has 4 heterocycles. The number of Topliss-reactive ketones (excluding diaryl/α,β-unsaturated/α-hetero) is 1. The molecule has 2 aromatic rings. The quantitative estimate of drug-likeness (QED) is 0.444. The van der Waals surface area contributed by atoms with Gasteiger partial charge in [0, 0.05) is 44.1 Å². The van der Waals surface area contributed by atoms with E-state index in [9.17, 15) is 4.79 Å². The molecule has 1 unspecified atom stereocenters. The van der Waals surface area contributed by atoms with Crippen molar-refractivity contribution in [1.82, 2.24) is 29.8 Å². The second-order valence-electron chi connectivity index (χ2n) is 10.5. The predicted molar refractivity (Wildman–Crippen MR) is 147 cm³/mol. The number of ether oxygens (including phenoxy) is 1. The van der Waals surface area contributed by atoms with Crippen molar-refractivity contribution >= 4 is 17.4 Å². The lowest BCUT2D eigenvalue weighted by Crippen LogP contribution is -2.36. The minimum Gasteiger partial charge on any atom is -0.460 e. The number of likely N-dealkylation sites (tertiary alicyclic amines) is 1. The fourth-order valence-corrected chi connectivity index (χ4v) is 4.70. The van der Waals surface area contributed by atoms with Crippen LogP contribution in [0.1, 0.15) is 57.4 Å². The number of hydrogen-bond acceptors (Lipinski definition) is 8. The highest BCUT2D eigenvalue weighted by molar-refractivity contribution is 5.82. The normalized spacial score (nSPS) is 19.8. The molecule has 0 amide bonds. The van der Waals surface area contributed by atoms with E-state index in [1.807, 2.05) is 30.5 Å². The number of fused-ring (bicyclic) bond motifs is 1. The lowest BCUT2D eigenvalue weighted by molar-refractivity contribution is -0.122. The Morgan fingerprint density at radius 1 is 1.27 bits per heavy atom. The van der Waals surface area contributed by atoms with Crippen LogP contribution in [-0.2, 0) is 4.79 Å². The average Bonchev–Trinajstić information content (AvgIpc) is 3.33. The topological polar surface area (TPSA) is 96.7 Å². The van der Waals surface area contributed by atoms with Crippen LogP contribution in [0.3, 0.4) is 0 Å². The number of rotatable bonds is 11. The number of ketones is 1. The van der Waals surface area contributed by atoms with Crippen LogP contribution in [0.15, 0.2) is 42.7 Å². The maximum Gasteiger partial charge on any atom is 0.322 e.